The molecule has 2 aromatic rings. The van der Waals surface area contributed by atoms with Gasteiger partial charge in [0.25, 0.3) is 5.91 Å². The van der Waals surface area contributed by atoms with Gasteiger partial charge < -0.3 is 10.6 Å². The molecule has 2 rings (SSSR count). The molecule has 0 radical (unpaired) electrons. The summed E-state index contributed by atoms with van der Waals surface area (Å²) in [4.78, 5) is 11.4. The van der Waals surface area contributed by atoms with Crippen LogP contribution >= 0.6 is 0 Å². The fourth-order valence-electron chi connectivity index (χ4n) is 2.22. The van der Waals surface area contributed by atoms with Crippen molar-refractivity contribution >= 4 is 11.7 Å². The minimum Gasteiger partial charge on any atom is -0.368 e. The van der Waals surface area contributed by atoms with Crippen LogP contribution in [0, 0.1) is 13.8 Å². The number of hydrogen-bond donors (Lipinski definition) is 2. The SMILES string of the molecule is CNC(=O)c1ccc(NCCc2cc(C)cc(C)c2)nn1. The van der Waals surface area contributed by atoms with Crippen LogP contribution in [-0.4, -0.2) is 29.7 Å². The topological polar surface area (TPSA) is 66.9 Å². The van der Waals surface area contributed by atoms with Gasteiger partial charge in [0.2, 0.25) is 0 Å². The number of carbonyl (C=O) groups excluding carboxylic acids is 1. The molecule has 0 aliphatic heterocycles. The molecule has 0 unspecified atom stereocenters. The Hall–Kier alpha value is -2.43. The minimum absolute atomic E-state index is 0.232. The van der Waals surface area contributed by atoms with Crippen molar-refractivity contribution in [3.8, 4) is 0 Å². The van der Waals surface area contributed by atoms with E-state index >= 15 is 0 Å². The molecule has 5 nitrogen and oxygen atoms in total. The fourth-order valence-corrected chi connectivity index (χ4v) is 2.22. The smallest absolute Gasteiger partial charge is 0.271 e. The quantitative estimate of drug-likeness (QED) is 0.882. The summed E-state index contributed by atoms with van der Waals surface area (Å²) in [5.74, 6) is 0.441. The average molecular weight is 284 g/mol. The number of carbonyl (C=O) groups is 1. The molecular weight excluding hydrogens is 264 g/mol. The summed E-state index contributed by atoms with van der Waals surface area (Å²) in [5.41, 5.74) is 4.17. The number of anilines is 1. The number of benzene rings is 1. The third kappa shape index (κ3) is 4.27. The molecule has 1 amide bonds. The molecule has 1 heterocycles. The van der Waals surface area contributed by atoms with E-state index in [0.29, 0.717) is 11.5 Å². The predicted octanol–water partition coefficient (Wildman–Crippen LogP) is 2.11. The van der Waals surface area contributed by atoms with Crippen LogP contribution in [0.3, 0.4) is 0 Å². The van der Waals surface area contributed by atoms with Gasteiger partial charge in [0.05, 0.1) is 0 Å². The van der Waals surface area contributed by atoms with Crippen molar-refractivity contribution < 1.29 is 4.79 Å². The van der Waals surface area contributed by atoms with E-state index in [0.717, 1.165) is 13.0 Å². The minimum atomic E-state index is -0.232. The van der Waals surface area contributed by atoms with Crippen LogP contribution in [0.2, 0.25) is 0 Å². The Morgan fingerprint density at radius 1 is 1.10 bits per heavy atom. The lowest BCUT2D eigenvalue weighted by molar-refractivity contribution is 0.0957. The van der Waals surface area contributed by atoms with E-state index < -0.39 is 0 Å². The maximum absolute atomic E-state index is 11.4. The first-order valence-corrected chi connectivity index (χ1v) is 6.95. The monoisotopic (exact) mass is 284 g/mol. The van der Waals surface area contributed by atoms with E-state index in [4.69, 9.17) is 0 Å². The highest BCUT2D eigenvalue weighted by Crippen LogP contribution is 2.10. The van der Waals surface area contributed by atoms with Crippen LogP contribution < -0.4 is 10.6 Å². The summed E-state index contributed by atoms with van der Waals surface area (Å²) in [7, 11) is 1.57. The fraction of sp³-hybridized carbons (Fsp3) is 0.312. The predicted molar refractivity (Wildman–Crippen MR) is 83.5 cm³/mol. The molecule has 0 aliphatic rings. The summed E-state index contributed by atoms with van der Waals surface area (Å²) in [6.45, 7) is 4.98. The summed E-state index contributed by atoms with van der Waals surface area (Å²) in [5, 5.41) is 13.6. The molecule has 0 saturated carbocycles. The number of rotatable bonds is 5. The second-order valence-corrected chi connectivity index (χ2v) is 5.06. The van der Waals surface area contributed by atoms with Crippen LogP contribution in [0.1, 0.15) is 27.2 Å². The number of nitrogens with zero attached hydrogens (tertiary/aromatic N) is 2. The number of amides is 1. The van der Waals surface area contributed by atoms with Gasteiger partial charge in [0.15, 0.2) is 5.69 Å². The molecule has 0 saturated heterocycles. The Bertz CT molecular complexity index is 602. The largest absolute Gasteiger partial charge is 0.368 e. The van der Waals surface area contributed by atoms with Gasteiger partial charge >= 0.3 is 0 Å². The lowest BCUT2D eigenvalue weighted by Gasteiger charge is -2.07. The highest BCUT2D eigenvalue weighted by molar-refractivity contribution is 5.91. The third-order valence-corrected chi connectivity index (χ3v) is 3.13. The molecule has 5 heteroatoms. The summed E-state index contributed by atoms with van der Waals surface area (Å²) < 4.78 is 0. The zero-order valence-corrected chi connectivity index (χ0v) is 12.6. The Balaban J connectivity index is 1.90. The molecule has 110 valence electrons. The van der Waals surface area contributed by atoms with Gasteiger partial charge in [-0.2, -0.15) is 0 Å². The van der Waals surface area contributed by atoms with Gasteiger partial charge in [0.1, 0.15) is 5.82 Å². The maximum Gasteiger partial charge on any atom is 0.271 e. The molecule has 1 aromatic carbocycles. The van der Waals surface area contributed by atoms with E-state index in [2.05, 4.69) is 52.9 Å². The van der Waals surface area contributed by atoms with Gasteiger partial charge in [-0.25, -0.2) is 0 Å². The average Bonchev–Trinajstić information content (AvgIpc) is 2.46. The van der Waals surface area contributed by atoms with Gasteiger partial charge in [-0.15, -0.1) is 10.2 Å². The normalized spacial score (nSPS) is 10.2. The first-order chi connectivity index (χ1) is 10.1. The molecule has 1 aromatic heterocycles. The molecule has 0 fully saturated rings. The molecule has 0 aliphatic carbocycles. The Labute approximate surface area is 124 Å². The molecular formula is C16H20N4O. The Morgan fingerprint density at radius 3 is 2.38 bits per heavy atom. The van der Waals surface area contributed by atoms with E-state index in [1.807, 2.05) is 0 Å². The van der Waals surface area contributed by atoms with Gasteiger partial charge in [-0.05, 0) is 38.0 Å². The summed E-state index contributed by atoms with van der Waals surface area (Å²) in [6.07, 6.45) is 0.918. The van der Waals surface area contributed by atoms with Crippen molar-refractivity contribution in [1.82, 2.24) is 15.5 Å². The van der Waals surface area contributed by atoms with E-state index in [1.54, 1.807) is 19.2 Å². The number of hydrogen-bond acceptors (Lipinski definition) is 4. The summed E-state index contributed by atoms with van der Waals surface area (Å²) in [6, 6.07) is 9.97. The zero-order valence-electron chi connectivity index (χ0n) is 12.6. The van der Waals surface area contributed by atoms with Crippen molar-refractivity contribution in [1.29, 1.82) is 0 Å². The number of aromatic nitrogens is 2. The van der Waals surface area contributed by atoms with Gasteiger partial charge in [-0.1, -0.05) is 29.3 Å². The highest BCUT2D eigenvalue weighted by Gasteiger charge is 2.05. The summed E-state index contributed by atoms with van der Waals surface area (Å²) >= 11 is 0. The van der Waals surface area contributed by atoms with Crippen LogP contribution in [0.15, 0.2) is 30.3 Å². The van der Waals surface area contributed by atoms with Crippen LogP contribution in [0.5, 0.6) is 0 Å². The second-order valence-electron chi connectivity index (χ2n) is 5.06. The lowest BCUT2D eigenvalue weighted by atomic mass is 10.1. The molecule has 2 N–H and O–H groups in total. The molecule has 21 heavy (non-hydrogen) atoms. The molecule has 0 atom stereocenters. The Morgan fingerprint density at radius 2 is 1.81 bits per heavy atom. The highest BCUT2D eigenvalue weighted by atomic mass is 16.1. The first-order valence-electron chi connectivity index (χ1n) is 6.95. The molecule has 0 spiro atoms. The lowest BCUT2D eigenvalue weighted by Crippen LogP contribution is -2.20. The van der Waals surface area contributed by atoms with Crippen molar-refractivity contribution in [3.05, 3.63) is 52.7 Å². The van der Waals surface area contributed by atoms with Crippen molar-refractivity contribution in [2.24, 2.45) is 0 Å². The maximum atomic E-state index is 11.4. The van der Waals surface area contributed by atoms with Crippen LogP contribution in [0.25, 0.3) is 0 Å². The third-order valence-electron chi connectivity index (χ3n) is 3.13. The van der Waals surface area contributed by atoms with Crippen LogP contribution in [-0.2, 0) is 6.42 Å². The zero-order chi connectivity index (χ0) is 15.2. The number of nitrogens with one attached hydrogen (secondary N) is 2. The van der Waals surface area contributed by atoms with Crippen molar-refractivity contribution in [2.45, 2.75) is 20.3 Å². The first kappa shape index (κ1) is 15.0. The van der Waals surface area contributed by atoms with Gasteiger partial charge in [-0.3, -0.25) is 4.79 Å². The van der Waals surface area contributed by atoms with Gasteiger partial charge in [0, 0.05) is 13.6 Å². The van der Waals surface area contributed by atoms with Crippen LogP contribution in [0.4, 0.5) is 5.82 Å². The Kier molecular flexibility index (Phi) is 4.87. The van der Waals surface area contributed by atoms with E-state index in [1.165, 1.54) is 16.7 Å². The van der Waals surface area contributed by atoms with Crippen molar-refractivity contribution in [2.75, 3.05) is 18.9 Å². The second kappa shape index (κ2) is 6.83. The van der Waals surface area contributed by atoms with Crippen molar-refractivity contribution in [3.63, 3.8) is 0 Å². The molecule has 0 bridgehead atoms. The number of aryl methyl sites for hydroxylation is 2. The van der Waals surface area contributed by atoms with E-state index in [-0.39, 0.29) is 5.91 Å². The van der Waals surface area contributed by atoms with E-state index in [9.17, 15) is 4.79 Å². The standard InChI is InChI=1S/C16H20N4O/c1-11-8-12(2)10-13(9-11)6-7-18-15-5-4-14(19-20-15)16(21)17-3/h4-5,8-10H,6-7H2,1-3H3,(H,17,21)(H,18,20).